The lowest BCUT2D eigenvalue weighted by Crippen LogP contribution is -2.07. The van der Waals surface area contributed by atoms with E-state index in [1.54, 1.807) is 13.1 Å². The number of aryl methyl sites for hydroxylation is 1. The minimum absolute atomic E-state index is 0.188. The van der Waals surface area contributed by atoms with Crippen LogP contribution in [0.25, 0.3) is 0 Å². The van der Waals surface area contributed by atoms with E-state index in [1.165, 1.54) is 6.33 Å². The number of aromatic amines is 1. The van der Waals surface area contributed by atoms with Crippen LogP contribution in [0.4, 0.5) is 5.69 Å². The molecule has 4 heteroatoms. The van der Waals surface area contributed by atoms with Gasteiger partial charge in [0.1, 0.15) is 5.69 Å². The Bertz CT molecular complexity index is 340. The maximum absolute atomic E-state index is 11.1. The van der Waals surface area contributed by atoms with Crippen LogP contribution in [0.15, 0.2) is 16.1 Å². The summed E-state index contributed by atoms with van der Waals surface area (Å²) in [4.78, 5) is 21.5. The van der Waals surface area contributed by atoms with Gasteiger partial charge in [0.05, 0.1) is 12.0 Å². The van der Waals surface area contributed by atoms with Crippen molar-refractivity contribution >= 4 is 11.9 Å². The lowest BCUT2D eigenvalue weighted by atomic mass is 10.4. The molecule has 0 saturated carbocycles. The first-order valence-corrected chi connectivity index (χ1v) is 3.82. The van der Waals surface area contributed by atoms with E-state index in [0.29, 0.717) is 11.4 Å². The van der Waals surface area contributed by atoms with Gasteiger partial charge in [0.2, 0.25) is 0 Å². The Hall–Kier alpha value is -1.45. The highest BCUT2D eigenvalue weighted by atomic mass is 16.1. The predicted molar refractivity (Wildman–Crippen MR) is 48.0 cm³/mol. The smallest absolute Gasteiger partial charge is 0.276 e. The molecule has 0 unspecified atom stereocenters. The van der Waals surface area contributed by atoms with Crippen molar-refractivity contribution in [2.24, 2.45) is 4.99 Å². The zero-order valence-electron chi connectivity index (χ0n) is 7.16. The van der Waals surface area contributed by atoms with E-state index < -0.39 is 0 Å². The molecule has 0 saturated heterocycles. The van der Waals surface area contributed by atoms with E-state index >= 15 is 0 Å². The molecule has 4 nitrogen and oxygen atoms in total. The molecular formula is C8H11N3O. The predicted octanol–water partition coefficient (Wildman–Crippen LogP) is 1.19. The SMILES string of the molecule is CC/C=N\c1c(C)nc[nH]c1=O. The Balaban J connectivity index is 3.13. The summed E-state index contributed by atoms with van der Waals surface area (Å²) in [5.41, 5.74) is 0.870. The van der Waals surface area contributed by atoms with Crippen molar-refractivity contribution in [1.82, 2.24) is 9.97 Å². The van der Waals surface area contributed by atoms with Gasteiger partial charge in [-0.15, -0.1) is 0 Å². The van der Waals surface area contributed by atoms with Crippen LogP contribution in [-0.4, -0.2) is 16.2 Å². The van der Waals surface area contributed by atoms with Gasteiger partial charge in [0, 0.05) is 6.21 Å². The molecule has 0 atom stereocenters. The summed E-state index contributed by atoms with van der Waals surface area (Å²) in [6, 6.07) is 0. The van der Waals surface area contributed by atoms with E-state index in [0.717, 1.165) is 6.42 Å². The maximum Gasteiger partial charge on any atom is 0.276 e. The van der Waals surface area contributed by atoms with Gasteiger partial charge in [-0.05, 0) is 13.3 Å². The van der Waals surface area contributed by atoms with Crippen LogP contribution in [-0.2, 0) is 0 Å². The highest BCUT2D eigenvalue weighted by molar-refractivity contribution is 5.62. The Morgan fingerprint density at radius 1 is 1.75 bits per heavy atom. The van der Waals surface area contributed by atoms with Crippen LogP contribution < -0.4 is 5.56 Å². The van der Waals surface area contributed by atoms with Crippen molar-refractivity contribution in [1.29, 1.82) is 0 Å². The lowest BCUT2D eigenvalue weighted by molar-refractivity contribution is 1.06. The molecule has 0 aliphatic heterocycles. The van der Waals surface area contributed by atoms with Gasteiger partial charge in [-0.2, -0.15) is 0 Å². The number of aromatic nitrogens is 2. The molecule has 0 aliphatic rings. The third kappa shape index (κ3) is 1.78. The number of H-pyrrole nitrogens is 1. The molecule has 0 radical (unpaired) electrons. The monoisotopic (exact) mass is 165 g/mol. The van der Waals surface area contributed by atoms with Crippen molar-refractivity contribution in [2.45, 2.75) is 20.3 Å². The summed E-state index contributed by atoms with van der Waals surface area (Å²) in [6.45, 7) is 3.72. The molecular weight excluding hydrogens is 154 g/mol. The van der Waals surface area contributed by atoms with Crippen molar-refractivity contribution < 1.29 is 0 Å². The van der Waals surface area contributed by atoms with Gasteiger partial charge in [0.15, 0.2) is 0 Å². The van der Waals surface area contributed by atoms with Crippen molar-refractivity contribution in [3.8, 4) is 0 Å². The standard InChI is InChI=1S/C8H11N3O/c1-3-4-9-7-6(2)10-5-11-8(7)12/h4-5H,3H2,1-2H3,(H,10,11,12)/b9-4-. The highest BCUT2D eigenvalue weighted by Gasteiger charge is 1.99. The van der Waals surface area contributed by atoms with Crippen LogP contribution in [0.2, 0.25) is 0 Å². The van der Waals surface area contributed by atoms with Crippen LogP contribution in [0.5, 0.6) is 0 Å². The van der Waals surface area contributed by atoms with E-state index in [2.05, 4.69) is 15.0 Å². The number of rotatable bonds is 2. The first-order chi connectivity index (χ1) is 5.75. The van der Waals surface area contributed by atoms with Gasteiger partial charge in [0.25, 0.3) is 5.56 Å². The Morgan fingerprint density at radius 3 is 3.08 bits per heavy atom. The molecule has 1 aromatic rings. The zero-order chi connectivity index (χ0) is 8.97. The summed E-state index contributed by atoms with van der Waals surface area (Å²) >= 11 is 0. The molecule has 1 aromatic heterocycles. The molecule has 0 fully saturated rings. The summed E-state index contributed by atoms with van der Waals surface area (Å²) in [7, 11) is 0. The first-order valence-electron chi connectivity index (χ1n) is 3.82. The van der Waals surface area contributed by atoms with Gasteiger partial charge < -0.3 is 4.98 Å². The molecule has 1 rings (SSSR count). The van der Waals surface area contributed by atoms with Crippen LogP contribution in [0.1, 0.15) is 19.0 Å². The number of nitrogens with one attached hydrogen (secondary N) is 1. The largest absolute Gasteiger partial charge is 0.311 e. The zero-order valence-corrected chi connectivity index (χ0v) is 7.16. The summed E-state index contributed by atoms with van der Waals surface area (Å²) < 4.78 is 0. The average Bonchev–Trinajstić information content (AvgIpc) is 2.04. The second-order valence-electron chi connectivity index (χ2n) is 2.39. The fraction of sp³-hybridized carbons (Fsp3) is 0.375. The van der Waals surface area contributed by atoms with Crippen molar-refractivity contribution in [3.05, 3.63) is 22.4 Å². The Labute approximate surface area is 70.4 Å². The molecule has 12 heavy (non-hydrogen) atoms. The summed E-state index contributed by atoms with van der Waals surface area (Å²) in [5, 5.41) is 0. The fourth-order valence-corrected chi connectivity index (χ4v) is 0.816. The Kier molecular flexibility index (Phi) is 2.74. The maximum atomic E-state index is 11.1. The van der Waals surface area contributed by atoms with Gasteiger partial charge in [-0.25, -0.2) is 4.98 Å². The molecule has 1 heterocycles. The molecule has 0 aliphatic carbocycles. The number of nitrogens with zero attached hydrogens (tertiary/aromatic N) is 2. The fourth-order valence-electron chi connectivity index (χ4n) is 0.816. The van der Waals surface area contributed by atoms with E-state index in [9.17, 15) is 4.79 Å². The lowest BCUT2D eigenvalue weighted by Gasteiger charge is -1.94. The second-order valence-corrected chi connectivity index (χ2v) is 2.39. The quantitative estimate of drug-likeness (QED) is 0.669. The minimum atomic E-state index is -0.188. The molecule has 64 valence electrons. The van der Waals surface area contributed by atoms with Crippen molar-refractivity contribution in [3.63, 3.8) is 0 Å². The Morgan fingerprint density at radius 2 is 2.50 bits per heavy atom. The third-order valence-electron chi connectivity index (χ3n) is 1.41. The molecule has 0 bridgehead atoms. The van der Waals surface area contributed by atoms with Gasteiger partial charge in [-0.3, -0.25) is 9.79 Å². The molecule has 0 spiro atoms. The topological polar surface area (TPSA) is 58.1 Å². The van der Waals surface area contributed by atoms with E-state index in [-0.39, 0.29) is 5.56 Å². The van der Waals surface area contributed by atoms with E-state index in [1.807, 2.05) is 6.92 Å². The number of hydrogen-bond donors (Lipinski definition) is 1. The highest BCUT2D eigenvalue weighted by Crippen LogP contribution is 2.06. The normalized spacial score (nSPS) is 10.8. The third-order valence-corrected chi connectivity index (χ3v) is 1.41. The number of hydrogen-bond acceptors (Lipinski definition) is 3. The number of aliphatic imine (C=N–C) groups is 1. The average molecular weight is 165 g/mol. The minimum Gasteiger partial charge on any atom is -0.311 e. The van der Waals surface area contributed by atoms with Gasteiger partial charge >= 0.3 is 0 Å². The van der Waals surface area contributed by atoms with Crippen LogP contribution in [0, 0.1) is 6.92 Å². The van der Waals surface area contributed by atoms with E-state index in [4.69, 9.17) is 0 Å². The second kappa shape index (κ2) is 3.80. The van der Waals surface area contributed by atoms with Crippen molar-refractivity contribution in [2.75, 3.05) is 0 Å². The molecule has 1 N–H and O–H groups in total. The van der Waals surface area contributed by atoms with Crippen LogP contribution >= 0.6 is 0 Å². The van der Waals surface area contributed by atoms with Gasteiger partial charge in [-0.1, -0.05) is 6.92 Å². The summed E-state index contributed by atoms with van der Waals surface area (Å²) in [6.07, 6.45) is 3.88. The first kappa shape index (κ1) is 8.64. The molecule has 0 aromatic carbocycles. The molecule has 0 amide bonds. The van der Waals surface area contributed by atoms with Crippen LogP contribution in [0.3, 0.4) is 0 Å². The summed E-state index contributed by atoms with van der Waals surface area (Å²) in [5.74, 6) is 0.